The van der Waals surface area contributed by atoms with Gasteiger partial charge in [0.05, 0.1) is 0 Å². The van der Waals surface area contributed by atoms with Gasteiger partial charge in [-0.2, -0.15) is 0 Å². The highest BCUT2D eigenvalue weighted by atomic mass is 14.9. The van der Waals surface area contributed by atoms with E-state index in [1.165, 1.54) is 23.1 Å². The molecule has 0 saturated heterocycles. The van der Waals surface area contributed by atoms with Crippen molar-refractivity contribution < 1.29 is 0 Å². The van der Waals surface area contributed by atoms with Gasteiger partial charge in [-0.3, -0.25) is 0 Å². The van der Waals surface area contributed by atoms with Crippen LogP contribution in [0.4, 0.5) is 0 Å². The highest BCUT2D eigenvalue weighted by molar-refractivity contribution is 5.32. The van der Waals surface area contributed by atoms with Crippen LogP contribution in [0, 0.1) is 6.92 Å². The Hall–Kier alpha value is -0.820. The Kier molecular flexibility index (Phi) is 3.97. The lowest BCUT2D eigenvalue weighted by Crippen LogP contribution is -2.23. The van der Waals surface area contributed by atoms with Gasteiger partial charge in [0.2, 0.25) is 0 Å². The van der Waals surface area contributed by atoms with E-state index in [9.17, 15) is 0 Å². The highest BCUT2D eigenvalue weighted by Gasteiger charge is 2.06. The van der Waals surface area contributed by atoms with Crippen molar-refractivity contribution in [2.75, 3.05) is 6.54 Å². The average molecular weight is 177 g/mol. The van der Waals surface area contributed by atoms with Gasteiger partial charge in [-0.1, -0.05) is 37.6 Å². The van der Waals surface area contributed by atoms with Crippen molar-refractivity contribution in [3.8, 4) is 0 Å². The largest absolute Gasteiger partial charge is 0.312 e. The molecule has 1 nitrogen and oxygen atoms in total. The summed E-state index contributed by atoms with van der Waals surface area (Å²) >= 11 is 0. The Bertz CT molecular complexity index is 266. The van der Waals surface area contributed by atoms with E-state index in [-0.39, 0.29) is 0 Å². The van der Waals surface area contributed by atoms with Gasteiger partial charge in [-0.25, -0.2) is 0 Å². The quantitative estimate of drug-likeness (QED) is 0.642. The van der Waals surface area contributed by atoms with E-state index in [4.69, 9.17) is 0 Å². The smallest absolute Gasteiger partial charge is 0.0208 e. The molecule has 1 aromatic rings. The van der Waals surface area contributed by atoms with E-state index in [0.29, 0.717) is 0 Å². The first-order chi connectivity index (χ1) is 6.36. The molecule has 0 atom stereocenters. The zero-order chi connectivity index (χ0) is 9.68. The van der Waals surface area contributed by atoms with E-state index < -0.39 is 0 Å². The fourth-order valence-corrected chi connectivity index (χ4v) is 1.61. The molecule has 0 bridgehead atoms. The summed E-state index contributed by atoms with van der Waals surface area (Å²) < 4.78 is 0. The van der Waals surface area contributed by atoms with Crippen LogP contribution in [0.15, 0.2) is 18.2 Å². The molecule has 1 aliphatic heterocycles. The van der Waals surface area contributed by atoms with Crippen molar-refractivity contribution in [2.45, 2.75) is 33.7 Å². The van der Waals surface area contributed by atoms with Gasteiger partial charge in [0.1, 0.15) is 0 Å². The Balaban J connectivity index is 0.000000396. The molecule has 1 aromatic carbocycles. The van der Waals surface area contributed by atoms with Crippen LogP contribution in [0.5, 0.6) is 0 Å². The molecule has 0 fully saturated rings. The maximum atomic E-state index is 3.36. The van der Waals surface area contributed by atoms with Crippen molar-refractivity contribution in [3.05, 3.63) is 34.9 Å². The van der Waals surface area contributed by atoms with Crippen LogP contribution >= 0.6 is 0 Å². The first-order valence-electron chi connectivity index (χ1n) is 5.15. The standard InChI is InChI=1S/C10H13N.C2H6/c1-8-2-3-10-7-11-5-4-9(10)6-8;1-2/h2-3,6,11H,4-5,7H2,1H3;1-2H3. The molecule has 0 spiro atoms. The predicted molar refractivity (Wildman–Crippen MR) is 57.9 cm³/mol. The minimum atomic E-state index is 1.05. The molecule has 0 radical (unpaired) electrons. The maximum Gasteiger partial charge on any atom is 0.0208 e. The summed E-state index contributed by atoms with van der Waals surface area (Å²) in [5.41, 5.74) is 4.39. The van der Waals surface area contributed by atoms with E-state index in [1.54, 1.807) is 0 Å². The molecule has 1 N–H and O–H groups in total. The van der Waals surface area contributed by atoms with Gasteiger partial charge < -0.3 is 5.32 Å². The Labute approximate surface area is 81.2 Å². The van der Waals surface area contributed by atoms with E-state index in [2.05, 4.69) is 30.4 Å². The van der Waals surface area contributed by atoms with E-state index >= 15 is 0 Å². The summed E-state index contributed by atoms with van der Waals surface area (Å²) in [4.78, 5) is 0. The Morgan fingerprint density at radius 1 is 1.15 bits per heavy atom. The van der Waals surface area contributed by atoms with E-state index in [0.717, 1.165) is 13.1 Å². The van der Waals surface area contributed by atoms with Gasteiger partial charge in [0.25, 0.3) is 0 Å². The van der Waals surface area contributed by atoms with Crippen LogP contribution < -0.4 is 5.32 Å². The molecule has 13 heavy (non-hydrogen) atoms. The van der Waals surface area contributed by atoms with Crippen molar-refractivity contribution in [3.63, 3.8) is 0 Å². The molecular formula is C12H19N. The average Bonchev–Trinajstić information content (AvgIpc) is 2.21. The highest BCUT2D eigenvalue weighted by Crippen LogP contribution is 2.14. The van der Waals surface area contributed by atoms with Crippen molar-refractivity contribution in [1.82, 2.24) is 5.32 Å². The monoisotopic (exact) mass is 177 g/mol. The molecular weight excluding hydrogens is 158 g/mol. The summed E-state index contributed by atoms with van der Waals surface area (Å²) in [6.07, 6.45) is 1.19. The van der Waals surface area contributed by atoms with Crippen LogP contribution in [0.25, 0.3) is 0 Å². The molecule has 1 aliphatic rings. The van der Waals surface area contributed by atoms with Gasteiger partial charge in [0.15, 0.2) is 0 Å². The Morgan fingerprint density at radius 3 is 2.69 bits per heavy atom. The van der Waals surface area contributed by atoms with Crippen LogP contribution in [-0.2, 0) is 13.0 Å². The SMILES string of the molecule is CC.Cc1ccc2c(c1)CCNC2. The van der Waals surface area contributed by atoms with Gasteiger partial charge in [0, 0.05) is 6.54 Å². The summed E-state index contributed by atoms with van der Waals surface area (Å²) in [6.45, 7) is 8.34. The first-order valence-corrected chi connectivity index (χ1v) is 5.15. The second kappa shape index (κ2) is 5.03. The lowest BCUT2D eigenvalue weighted by molar-refractivity contribution is 0.643. The third kappa shape index (κ3) is 2.56. The normalized spacial score (nSPS) is 14.1. The summed E-state index contributed by atoms with van der Waals surface area (Å²) in [6, 6.07) is 6.72. The third-order valence-corrected chi connectivity index (χ3v) is 2.25. The minimum Gasteiger partial charge on any atom is -0.312 e. The molecule has 0 aromatic heterocycles. The molecule has 0 amide bonds. The summed E-state index contributed by atoms with van der Waals surface area (Å²) in [7, 11) is 0. The zero-order valence-corrected chi connectivity index (χ0v) is 8.85. The first kappa shape index (κ1) is 10.3. The third-order valence-electron chi connectivity index (χ3n) is 2.25. The zero-order valence-electron chi connectivity index (χ0n) is 8.85. The molecule has 0 aliphatic carbocycles. The van der Waals surface area contributed by atoms with Crippen molar-refractivity contribution >= 4 is 0 Å². The second-order valence-corrected chi connectivity index (χ2v) is 3.20. The number of hydrogen-bond acceptors (Lipinski definition) is 1. The van der Waals surface area contributed by atoms with Crippen molar-refractivity contribution in [1.29, 1.82) is 0 Å². The number of benzene rings is 1. The maximum absolute atomic E-state index is 3.36. The summed E-state index contributed by atoms with van der Waals surface area (Å²) in [5, 5.41) is 3.36. The topological polar surface area (TPSA) is 12.0 Å². The summed E-state index contributed by atoms with van der Waals surface area (Å²) in [5.74, 6) is 0. The minimum absolute atomic E-state index is 1.05. The van der Waals surface area contributed by atoms with Crippen molar-refractivity contribution in [2.24, 2.45) is 0 Å². The molecule has 72 valence electrons. The molecule has 2 rings (SSSR count). The number of fused-ring (bicyclic) bond motifs is 1. The van der Waals surface area contributed by atoms with Gasteiger partial charge in [-0.15, -0.1) is 0 Å². The number of nitrogens with one attached hydrogen (secondary N) is 1. The van der Waals surface area contributed by atoms with Crippen LogP contribution in [0.1, 0.15) is 30.5 Å². The van der Waals surface area contributed by atoms with Crippen LogP contribution in [-0.4, -0.2) is 6.54 Å². The predicted octanol–water partition coefficient (Wildman–Crippen LogP) is 2.67. The van der Waals surface area contributed by atoms with Crippen LogP contribution in [0.3, 0.4) is 0 Å². The van der Waals surface area contributed by atoms with Crippen LogP contribution in [0.2, 0.25) is 0 Å². The number of rotatable bonds is 0. The molecule has 0 saturated carbocycles. The fourth-order valence-electron chi connectivity index (χ4n) is 1.61. The lowest BCUT2D eigenvalue weighted by Gasteiger charge is -2.16. The van der Waals surface area contributed by atoms with Gasteiger partial charge in [-0.05, 0) is 31.0 Å². The molecule has 1 heterocycles. The van der Waals surface area contributed by atoms with E-state index in [1.807, 2.05) is 13.8 Å². The Morgan fingerprint density at radius 2 is 1.92 bits per heavy atom. The second-order valence-electron chi connectivity index (χ2n) is 3.20. The molecule has 1 heteroatoms. The molecule has 0 unspecified atom stereocenters. The fraction of sp³-hybridized carbons (Fsp3) is 0.500. The number of hydrogen-bond donors (Lipinski definition) is 1. The number of aryl methyl sites for hydroxylation is 1. The van der Waals surface area contributed by atoms with Gasteiger partial charge >= 0.3 is 0 Å². The lowest BCUT2D eigenvalue weighted by atomic mass is 9.99.